The summed E-state index contributed by atoms with van der Waals surface area (Å²) in [7, 11) is 1.68. The normalized spacial score (nSPS) is 10.7. The summed E-state index contributed by atoms with van der Waals surface area (Å²) in [6.07, 6.45) is 0. The van der Waals surface area contributed by atoms with E-state index in [0.717, 1.165) is 41.4 Å². The first kappa shape index (κ1) is 17.3. The van der Waals surface area contributed by atoms with Crippen LogP contribution in [0.5, 0.6) is 0 Å². The molecule has 0 fully saturated rings. The lowest BCUT2D eigenvalue weighted by atomic mass is 10.1. The van der Waals surface area contributed by atoms with E-state index in [2.05, 4.69) is 30.1 Å². The number of nitrogens with one attached hydrogen (secondary N) is 1. The van der Waals surface area contributed by atoms with Crippen LogP contribution in [-0.2, 0) is 7.05 Å². The maximum atomic E-state index is 12.4. The van der Waals surface area contributed by atoms with Crippen molar-refractivity contribution in [1.29, 1.82) is 0 Å². The Bertz CT molecular complexity index is 773. The highest BCUT2D eigenvalue weighted by atomic mass is 32.1. The second kappa shape index (κ2) is 7.00. The summed E-state index contributed by atoms with van der Waals surface area (Å²) < 4.78 is 1.50. The topological polar surface area (TPSA) is 54.3 Å². The molecule has 0 saturated heterocycles. The van der Waals surface area contributed by atoms with Gasteiger partial charge in [0, 0.05) is 37.2 Å². The predicted octanol–water partition coefficient (Wildman–Crippen LogP) is 3.16. The average molecular weight is 333 g/mol. The van der Waals surface area contributed by atoms with E-state index < -0.39 is 0 Å². The van der Waals surface area contributed by atoms with Crippen LogP contribution in [0.4, 0.5) is 11.4 Å². The zero-order valence-electron chi connectivity index (χ0n) is 14.3. The van der Waals surface area contributed by atoms with Crippen LogP contribution in [0.1, 0.15) is 34.8 Å². The van der Waals surface area contributed by atoms with Crippen LogP contribution in [0, 0.1) is 13.8 Å². The summed E-state index contributed by atoms with van der Waals surface area (Å²) in [5, 5.41) is 2.91. The van der Waals surface area contributed by atoms with Crippen LogP contribution >= 0.6 is 11.3 Å². The SMILES string of the molecule is CCN(CC)c1ccc(NC(=O)c2sc(=O)n(C)c2C)c(C)c1. The van der Waals surface area contributed by atoms with E-state index in [1.54, 1.807) is 14.0 Å². The van der Waals surface area contributed by atoms with E-state index in [9.17, 15) is 9.59 Å². The van der Waals surface area contributed by atoms with E-state index in [1.165, 1.54) is 4.57 Å². The average Bonchev–Trinajstić information content (AvgIpc) is 2.78. The van der Waals surface area contributed by atoms with Gasteiger partial charge in [-0.2, -0.15) is 0 Å². The van der Waals surface area contributed by atoms with E-state index >= 15 is 0 Å². The Morgan fingerprint density at radius 1 is 1.26 bits per heavy atom. The molecule has 0 atom stereocenters. The van der Waals surface area contributed by atoms with Crippen LogP contribution in [0.25, 0.3) is 0 Å². The van der Waals surface area contributed by atoms with Crippen LogP contribution < -0.4 is 15.1 Å². The second-order valence-electron chi connectivity index (χ2n) is 5.47. The van der Waals surface area contributed by atoms with Crippen LogP contribution in [-0.4, -0.2) is 23.6 Å². The molecule has 0 spiro atoms. The third-order valence-electron chi connectivity index (χ3n) is 4.09. The Kier molecular flexibility index (Phi) is 5.26. The first-order valence-corrected chi connectivity index (χ1v) is 8.54. The van der Waals surface area contributed by atoms with Crippen LogP contribution in [0.3, 0.4) is 0 Å². The lowest BCUT2D eigenvalue weighted by molar-refractivity contribution is 0.102. The number of amides is 1. The highest BCUT2D eigenvalue weighted by molar-refractivity contribution is 7.11. The molecule has 1 heterocycles. The van der Waals surface area contributed by atoms with Gasteiger partial charge in [0.1, 0.15) is 4.88 Å². The molecular formula is C17H23N3O2S. The largest absolute Gasteiger partial charge is 0.372 e. The van der Waals surface area contributed by atoms with Gasteiger partial charge in [-0.05, 0) is 51.5 Å². The Morgan fingerprint density at radius 2 is 1.91 bits per heavy atom. The fourth-order valence-electron chi connectivity index (χ4n) is 2.48. The monoisotopic (exact) mass is 333 g/mol. The number of nitrogens with zero attached hydrogens (tertiary/aromatic N) is 2. The summed E-state index contributed by atoms with van der Waals surface area (Å²) >= 11 is 0.977. The first-order valence-electron chi connectivity index (χ1n) is 7.72. The molecule has 0 aliphatic heterocycles. The van der Waals surface area contributed by atoms with Gasteiger partial charge in [-0.3, -0.25) is 9.59 Å². The van der Waals surface area contributed by atoms with Crippen LogP contribution in [0.2, 0.25) is 0 Å². The fourth-order valence-corrected chi connectivity index (χ4v) is 3.36. The second-order valence-corrected chi connectivity index (χ2v) is 6.43. The van der Waals surface area contributed by atoms with Crippen molar-refractivity contribution in [2.45, 2.75) is 27.7 Å². The summed E-state index contributed by atoms with van der Waals surface area (Å²) in [5.74, 6) is -0.233. The number of hydrogen-bond donors (Lipinski definition) is 1. The van der Waals surface area contributed by atoms with E-state index in [1.807, 2.05) is 19.1 Å². The van der Waals surface area contributed by atoms with Crippen molar-refractivity contribution in [3.05, 3.63) is 44.0 Å². The van der Waals surface area contributed by atoms with Gasteiger partial charge in [0.15, 0.2) is 0 Å². The lowest BCUT2D eigenvalue weighted by Crippen LogP contribution is -2.22. The van der Waals surface area contributed by atoms with Crippen LogP contribution in [0.15, 0.2) is 23.0 Å². The number of carbonyl (C=O) groups is 1. The molecule has 1 aromatic carbocycles. The molecule has 0 saturated carbocycles. The molecule has 0 unspecified atom stereocenters. The highest BCUT2D eigenvalue weighted by Gasteiger charge is 2.17. The van der Waals surface area contributed by atoms with E-state index in [4.69, 9.17) is 0 Å². The Hall–Kier alpha value is -2.08. The van der Waals surface area contributed by atoms with Gasteiger partial charge in [0.05, 0.1) is 0 Å². The Morgan fingerprint density at radius 3 is 2.39 bits per heavy atom. The maximum absolute atomic E-state index is 12.4. The number of anilines is 2. The summed E-state index contributed by atoms with van der Waals surface area (Å²) in [6, 6.07) is 6.00. The zero-order valence-corrected chi connectivity index (χ0v) is 15.1. The first-order chi connectivity index (χ1) is 10.9. The van der Waals surface area contributed by atoms with Crippen molar-refractivity contribution in [1.82, 2.24) is 4.57 Å². The molecule has 1 amide bonds. The lowest BCUT2D eigenvalue weighted by Gasteiger charge is -2.22. The van der Waals surface area contributed by atoms with Crippen molar-refractivity contribution >= 4 is 28.6 Å². The molecule has 1 N–H and O–H groups in total. The minimum Gasteiger partial charge on any atom is -0.372 e. The van der Waals surface area contributed by atoms with Crippen molar-refractivity contribution in [3.63, 3.8) is 0 Å². The standard InChI is InChI=1S/C17H23N3O2S/c1-6-20(7-2)13-8-9-14(11(3)10-13)18-16(21)15-12(4)19(5)17(22)23-15/h8-10H,6-7H2,1-5H3,(H,18,21). The Labute approximate surface area is 140 Å². The van der Waals surface area contributed by atoms with Crippen molar-refractivity contribution in [2.75, 3.05) is 23.3 Å². The van der Waals surface area contributed by atoms with Crippen molar-refractivity contribution in [3.8, 4) is 0 Å². The number of benzene rings is 1. The number of rotatable bonds is 5. The molecule has 6 heteroatoms. The minimum absolute atomic E-state index is 0.124. The summed E-state index contributed by atoms with van der Waals surface area (Å²) in [6.45, 7) is 9.88. The molecule has 23 heavy (non-hydrogen) atoms. The van der Waals surface area contributed by atoms with E-state index in [0.29, 0.717) is 10.6 Å². The molecule has 124 valence electrons. The van der Waals surface area contributed by atoms with Gasteiger partial charge in [-0.25, -0.2) is 0 Å². The Balaban J connectivity index is 2.25. The zero-order chi connectivity index (χ0) is 17.1. The molecular weight excluding hydrogens is 310 g/mol. The van der Waals surface area contributed by atoms with E-state index in [-0.39, 0.29) is 10.8 Å². The molecule has 0 aliphatic rings. The fraction of sp³-hybridized carbons (Fsp3) is 0.412. The quantitative estimate of drug-likeness (QED) is 0.914. The summed E-state index contributed by atoms with van der Waals surface area (Å²) in [5.41, 5.74) is 3.61. The third kappa shape index (κ3) is 3.47. The molecule has 0 bridgehead atoms. The number of aryl methyl sites for hydroxylation is 1. The van der Waals surface area contributed by atoms with Gasteiger partial charge in [0.25, 0.3) is 5.91 Å². The van der Waals surface area contributed by atoms with Crippen molar-refractivity contribution < 1.29 is 4.79 Å². The highest BCUT2D eigenvalue weighted by Crippen LogP contribution is 2.24. The molecule has 0 radical (unpaired) electrons. The van der Waals surface area contributed by atoms with Gasteiger partial charge >= 0.3 is 4.87 Å². The van der Waals surface area contributed by atoms with Gasteiger partial charge in [-0.1, -0.05) is 11.3 Å². The smallest absolute Gasteiger partial charge is 0.307 e. The number of hydrogen-bond acceptors (Lipinski definition) is 4. The number of carbonyl (C=O) groups excluding carboxylic acids is 1. The summed E-state index contributed by atoms with van der Waals surface area (Å²) in [4.78, 5) is 26.7. The van der Waals surface area contributed by atoms with Gasteiger partial charge in [-0.15, -0.1) is 0 Å². The number of thiazole rings is 1. The van der Waals surface area contributed by atoms with Crippen molar-refractivity contribution in [2.24, 2.45) is 7.05 Å². The molecule has 1 aromatic heterocycles. The maximum Gasteiger partial charge on any atom is 0.307 e. The molecule has 2 rings (SSSR count). The predicted molar refractivity (Wildman–Crippen MR) is 97.0 cm³/mol. The minimum atomic E-state index is -0.233. The number of aromatic nitrogens is 1. The molecule has 0 aliphatic carbocycles. The van der Waals surface area contributed by atoms with Gasteiger partial charge < -0.3 is 14.8 Å². The third-order valence-corrected chi connectivity index (χ3v) is 5.22. The molecule has 2 aromatic rings. The molecule has 5 nitrogen and oxygen atoms in total. The van der Waals surface area contributed by atoms with Gasteiger partial charge in [0.2, 0.25) is 0 Å².